The van der Waals surface area contributed by atoms with Crippen molar-refractivity contribution in [2.24, 2.45) is 0 Å². The molecule has 0 aromatic carbocycles. The second-order valence-electron chi connectivity index (χ2n) is 3.40. The standard InChI is InChI=1S/C12H15N3O/c1-3-15(12(16)10-13-2)9-6-11-4-7-14-8-5-11/h4-5,7-8H,3,6,9-10H2,1H3. The Balaban J connectivity index is 2.46. The summed E-state index contributed by atoms with van der Waals surface area (Å²) in [5, 5.41) is 0. The number of aromatic nitrogens is 1. The van der Waals surface area contributed by atoms with Crippen molar-refractivity contribution < 1.29 is 4.79 Å². The van der Waals surface area contributed by atoms with Crippen LogP contribution in [0.15, 0.2) is 24.5 Å². The second kappa shape index (κ2) is 6.57. The summed E-state index contributed by atoms with van der Waals surface area (Å²) < 4.78 is 0. The minimum Gasteiger partial charge on any atom is -0.336 e. The third kappa shape index (κ3) is 3.70. The third-order valence-corrected chi connectivity index (χ3v) is 2.37. The van der Waals surface area contributed by atoms with Crippen LogP contribution in [0.4, 0.5) is 0 Å². The maximum absolute atomic E-state index is 11.5. The SMILES string of the molecule is [C-]#[N+]CC(=O)N(CC)CCc1ccncc1. The first kappa shape index (κ1) is 12.2. The van der Waals surface area contributed by atoms with Crippen LogP contribution < -0.4 is 0 Å². The van der Waals surface area contributed by atoms with E-state index in [4.69, 9.17) is 6.57 Å². The Hall–Kier alpha value is -1.89. The molecule has 0 bridgehead atoms. The summed E-state index contributed by atoms with van der Waals surface area (Å²) in [6, 6.07) is 3.88. The van der Waals surface area contributed by atoms with Gasteiger partial charge in [0.15, 0.2) is 0 Å². The van der Waals surface area contributed by atoms with E-state index in [0.717, 1.165) is 12.0 Å². The predicted molar refractivity (Wildman–Crippen MR) is 61.7 cm³/mol. The Morgan fingerprint density at radius 1 is 1.50 bits per heavy atom. The Bertz CT molecular complexity index is 370. The summed E-state index contributed by atoms with van der Waals surface area (Å²) in [4.78, 5) is 20.2. The van der Waals surface area contributed by atoms with E-state index in [-0.39, 0.29) is 12.5 Å². The molecule has 0 N–H and O–H groups in total. The second-order valence-corrected chi connectivity index (χ2v) is 3.40. The molecule has 84 valence electrons. The lowest BCUT2D eigenvalue weighted by Gasteiger charge is -2.18. The maximum atomic E-state index is 11.5. The van der Waals surface area contributed by atoms with Crippen molar-refractivity contribution in [1.82, 2.24) is 9.88 Å². The summed E-state index contributed by atoms with van der Waals surface area (Å²) in [6.45, 7) is 9.85. The highest BCUT2D eigenvalue weighted by Gasteiger charge is 2.13. The molecule has 0 aliphatic carbocycles. The molecular formula is C12H15N3O. The fourth-order valence-electron chi connectivity index (χ4n) is 1.44. The molecule has 0 fully saturated rings. The van der Waals surface area contributed by atoms with E-state index in [1.807, 2.05) is 19.1 Å². The zero-order valence-corrected chi connectivity index (χ0v) is 9.39. The van der Waals surface area contributed by atoms with Crippen molar-refractivity contribution in [1.29, 1.82) is 0 Å². The van der Waals surface area contributed by atoms with Crippen molar-refractivity contribution in [2.75, 3.05) is 19.6 Å². The number of hydrogen-bond donors (Lipinski definition) is 0. The molecule has 1 aromatic heterocycles. The van der Waals surface area contributed by atoms with Crippen LogP contribution in [-0.2, 0) is 11.2 Å². The molecule has 0 unspecified atom stereocenters. The molecule has 4 heteroatoms. The van der Waals surface area contributed by atoms with E-state index in [0.29, 0.717) is 13.1 Å². The minimum atomic E-state index is -0.0912. The van der Waals surface area contributed by atoms with E-state index in [1.54, 1.807) is 17.3 Å². The van der Waals surface area contributed by atoms with E-state index >= 15 is 0 Å². The van der Waals surface area contributed by atoms with Gasteiger partial charge < -0.3 is 9.74 Å². The number of rotatable bonds is 5. The summed E-state index contributed by atoms with van der Waals surface area (Å²) in [5.41, 5.74) is 1.16. The molecule has 0 radical (unpaired) electrons. The van der Waals surface area contributed by atoms with Gasteiger partial charge in [0, 0.05) is 25.5 Å². The van der Waals surface area contributed by atoms with Gasteiger partial charge >= 0.3 is 5.91 Å². The van der Waals surface area contributed by atoms with Crippen molar-refractivity contribution in [2.45, 2.75) is 13.3 Å². The van der Waals surface area contributed by atoms with E-state index in [9.17, 15) is 4.79 Å². The summed E-state index contributed by atoms with van der Waals surface area (Å²) in [7, 11) is 0. The number of nitrogens with zero attached hydrogens (tertiary/aromatic N) is 3. The normalized spacial score (nSPS) is 9.50. The van der Waals surface area contributed by atoms with Gasteiger partial charge in [-0.25, -0.2) is 6.57 Å². The first-order valence-corrected chi connectivity index (χ1v) is 5.27. The number of amides is 1. The van der Waals surface area contributed by atoms with E-state index < -0.39 is 0 Å². The lowest BCUT2D eigenvalue weighted by Crippen LogP contribution is -2.34. The lowest BCUT2D eigenvalue weighted by atomic mass is 10.2. The quantitative estimate of drug-likeness (QED) is 0.699. The Morgan fingerprint density at radius 3 is 2.75 bits per heavy atom. The highest BCUT2D eigenvalue weighted by Crippen LogP contribution is 2.00. The van der Waals surface area contributed by atoms with E-state index in [1.165, 1.54) is 0 Å². The van der Waals surface area contributed by atoms with Gasteiger partial charge in [0.1, 0.15) is 0 Å². The highest BCUT2D eigenvalue weighted by molar-refractivity contribution is 5.79. The van der Waals surface area contributed by atoms with Crippen LogP contribution in [0.1, 0.15) is 12.5 Å². The van der Waals surface area contributed by atoms with Gasteiger partial charge in [-0.3, -0.25) is 9.78 Å². The van der Waals surface area contributed by atoms with Crippen LogP contribution in [0.5, 0.6) is 0 Å². The molecule has 1 rings (SSSR count). The molecule has 0 saturated heterocycles. The van der Waals surface area contributed by atoms with Crippen molar-refractivity contribution in [3.63, 3.8) is 0 Å². The van der Waals surface area contributed by atoms with Crippen molar-refractivity contribution in [3.8, 4) is 0 Å². The summed E-state index contributed by atoms with van der Waals surface area (Å²) in [5.74, 6) is -0.0912. The van der Waals surface area contributed by atoms with Gasteiger partial charge in [0.2, 0.25) is 0 Å². The first-order valence-electron chi connectivity index (χ1n) is 5.27. The Labute approximate surface area is 95.7 Å². The van der Waals surface area contributed by atoms with Crippen LogP contribution >= 0.6 is 0 Å². The molecule has 1 heterocycles. The summed E-state index contributed by atoms with van der Waals surface area (Å²) >= 11 is 0. The first-order chi connectivity index (χ1) is 7.77. The summed E-state index contributed by atoms with van der Waals surface area (Å²) in [6.07, 6.45) is 4.29. The molecule has 16 heavy (non-hydrogen) atoms. The number of pyridine rings is 1. The monoisotopic (exact) mass is 217 g/mol. The van der Waals surface area contributed by atoms with Crippen LogP contribution in [0, 0.1) is 6.57 Å². The maximum Gasteiger partial charge on any atom is 0.302 e. The average Bonchev–Trinajstić information content (AvgIpc) is 2.31. The number of carbonyl (C=O) groups is 1. The molecule has 0 atom stereocenters. The minimum absolute atomic E-state index is 0.0514. The fraction of sp³-hybridized carbons (Fsp3) is 0.417. The zero-order valence-electron chi connectivity index (χ0n) is 9.39. The molecule has 0 saturated carbocycles. The molecule has 4 nitrogen and oxygen atoms in total. The molecule has 0 aliphatic rings. The van der Waals surface area contributed by atoms with E-state index in [2.05, 4.69) is 9.83 Å². The van der Waals surface area contributed by atoms with Gasteiger partial charge in [0.25, 0.3) is 6.54 Å². The van der Waals surface area contributed by atoms with Gasteiger partial charge in [-0.1, -0.05) is 0 Å². The zero-order chi connectivity index (χ0) is 11.8. The Kier molecular flexibility index (Phi) is 5.00. The van der Waals surface area contributed by atoms with Gasteiger partial charge in [0.05, 0.1) is 0 Å². The average molecular weight is 217 g/mol. The van der Waals surface area contributed by atoms with Crippen LogP contribution in [0.2, 0.25) is 0 Å². The molecule has 0 spiro atoms. The third-order valence-electron chi connectivity index (χ3n) is 2.37. The molecule has 0 aliphatic heterocycles. The molecular weight excluding hydrogens is 202 g/mol. The highest BCUT2D eigenvalue weighted by atomic mass is 16.2. The van der Waals surface area contributed by atoms with Crippen LogP contribution in [0.25, 0.3) is 4.85 Å². The predicted octanol–water partition coefficient (Wildman–Crippen LogP) is 1.39. The fourth-order valence-corrected chi connectivity index (χ4v) is 1.44. The topological polar surface area (TPSA) is 37.6 Å². The van der Waals surface area contributed by atoms with Crippen LogP contribution in [0.3, 0.4) is 0 Å². The largest absolute Gasteiger partial charge is 0.336 e. The van der Waals surface area contributed by atoms with Crippen molar-refractivity contribution in [3.05, 3.63) is 41.5 Å². The van der Waals surface area contributed by atoms with Crippen LogP contribution in [-0.4, -0.2) is 35.4 Å². The van der Waals surface area contributed by atoms with Crippen molar-refractivity contribution >= 4 is 5.91 Å². The molecule has 1 aromatic rings. The number of likely N-dealkylation sites (N-methyl/N-ethyl adjacent to an activating group) is 1. The van der Waals surface area contributed by atoms with Gasteiger partial charge in [-0.05, 0) is 31.0 Å². The number of carbonyl (C=O) groups excluding carboxylic acids is 1. The smallest absolute Gasteiger partial charge is 0.302 e. The molecule has 1 amide bonds. The lowest BCUT2D eigenvalue weighted by molar-refractivity contribution is -0.128. The Morgan fingerprint density at radius 2 is 2.19 bits per heavy atom. The number of hydrogen-bond acceptors (Lipinski definition) is 2. The van der Waals surface area contributed by atoms with Gasteiger partial charge in [-0.15, -0.1) is 0 Å². The van der Waals surface area contributed by atoms with Gasteiger partial charge in [-0.2, -0.15) is 0 Å².